The first kappa shape index (κ1) is 17.3. The number of hydrogen-bond acceptors (Lipinski definition) is 3. The molecule has 0 saturated heterocycles. The quantitative estimate of drug-likeness (QED) is 0.618. The average molecular weight is 372 g/mol. The Kier molecular flexibility index (Phi) is 5.22. The highest BCUT2D eigenvalue weighted by Gasteiger charge is 2.07. The molecule has 1 aromatic heterocycles. The molecule has 2 N–H and O–H groups in total. The molecule has 0 radical (unpaired) electrons. The molecule has 25 heavy (non-hydrogen) atoms. The van der Waals surface area contributed by atoms with Crippen LogP contribution in [0.2, 0.25) is 10.0 Å². The predicted octanol–water partition coefficient (Wildman–Crippen LogP) is 5.69. The van der Waals surface area contributed by atoms with Gasteiger partial charge < -0.3 is 10.6 Å². The zero-order valence-corrected chi connectivity index (χ0v) is 14.9. The minimum atomic E-state index is -0.215. The lowest BCUT2D eigenvalue weighted by Gasteiger charge is -2.10. The Morgan fingerprint density at radius 2 is 1.68 bits per heavy atom. The molecule has 0 saturated carbocycles. The van der Waals surface area contributed by atoms with Crippen molar-refractivity contribution < 1.29 is 4.79 Å². The van der Waals surface area contributed by atoms with E-state index in [1.54, 1.807) is 42.6 Å². The summed E-state index contributed by atoms with van der Waals surface area (Å²) < 4.78 is 0. The van der Waals surface area contributed by atoms with Crippen LogP contribution in [-0.2, 0) is 0 Å². The summed E-state index contributed by atoms with van der Waals surface area (Å²) in [6.45, 7) is 1.97. The second-order valence-corrected chi connectivity index (χ2v) is 6.35. The Hall–Kier alpha value is -2.56. The van der Waals surface area contributed by atoms with Crippen molar-refractivity contribution in [2.75, 3.05) is 10.6 Å². The molecule has 0 spiro atoms. The number of nitrogens with one attached hydrogen (secondary N) is 2. The van der Waals surface area contributed by atoms with Crippen molar-refractivity contribution in [2.24, 2.45) is 0 Å². The van der Waals surface area contributed by atoms with Gasteiger partial charge >= 0.3 is 0 Å². The van der Waals surface area contributed by atoms with Crippen molar-refractivity contribution in [1.82, 2.24) is 4.98 Å². The fraction of sp³-hybridized carbons (Fsp3) is 0.0526. The number of carbonyl (C=O) groups excluding carboxylic acids is 1. The number of amides is 1. The Morgan fingerprint density at radius 3 is 2.32 bits per heavy atom. The molecule has 3 aromatic rings. The second kappa shape index (κ2) is 7.55. The standard InChI is InChI=1S/C19H15Cl2N3O/c1-12-10-15(21)6-8-17(12)24-18-9-7-16(11-22-18)23-19(25)13-2-4-14(20)5-3-13/h2-11H,1H3,(H,22,24)(H,23,25). The Balaban J connectivity index is 1.67. The van der Waals surface area contributed by atoms with Crippen molar-refractivity contribution in [1.29, 1.82) is 0 Å². The van der Waals surface area contributed by atoms with E-state index in [4.69, 9.17) is 23.2 Å². The molecule has 3 rings (SSSR count). The van der Waals surface area contributed by atoms with E-state index in [1.807, 2.05) is 25.1 Å². The van der Waals surface area contributed by atoms with Crippen molar-refractivity contribution in [3.8, 4) is 0 Å². The van der Waals surface area contributed by atoms with Gasteiger partial charge in [0, 0.05) is 21.3 Å². The van der Waals surface area contributed by atoms with E-state index in [1.165, 1.54) is 0 Å². The van der Waals surface area contributed by atoms with Crippen LogP contribution >= 0.6 is 23.2 Å². The summed E-state index contributed by atoms with van der Waals surface area (Å²) in [6, 6.07) is 15.9. The summed E-state index contributed by atoms with van der Waals surface area (Å²) in [6.07, 6.45) is 1.60. The zero-order chi connectivity index (χ0) is 17.8. The van der Waals surface area contributed by atoms with Gasteiger partial charge in [-0.25, -0.2) is 4.98 Å². The van der Waals surface area contributed by atoms with Crippen molar-refractivity contribution in [3.63, 3.8) is 0 Å². The highest BCUT2D eigenvalue weighted by atomic mass is 35.5. The molecule has 2 aromatic carbocycles. The van der Waals surface area contributed by atoms with Gasteiger partial charge in [-0.2, -0.15) is 0 Å². The Bertz CT molecular complexity index is 894. The molecule has 0 unspecified atom stereocenters. The number of benzene rings is 2. The number of halogens is 2. The van der Waals surface area contributed by atoms with Crippen LogP contribution in [0.15, 0.2) is 60.8 Å². The number of nitrogens with zero attached hydrogens (tertiary/aromatic N) is 1. The van der Waals surface area contributed by atoms with E-state index < -0.39 is 0 Å². The molecule has 0 aliphatic carbocycles. The summed E-state index contributed by atoms with van der Waals surface area (Å²) in [7, 11) is 0. The Morgan fingerprint density at radius 1 is 0.960 bits per heavy atom. The first-order chi connectivity index (χ1) is 12.0. The molecule has 0 atom stereocenters. The minimum absolute atomic E-state index is 0.215. The van der Waals surface area contributed by atoms with Crippen LogP contribution in [0.4, 0.5) is 17.2 Å². The first-order valence-electron chi connectivity index (χ1n) is 7.57. The lowest BCUT2D eigenvalue weighted by Crippen LogP contribution is -2.11. The fourth-order valence-corrected chi connectivity index (χ4v) is 2.60. The Labute approximate surface area is 155 Å². The number of aromatic nitrogens is 1. The minimum Gasteiger partial charge on any atom is -0.340 e. The third-order valence-corrected chi connectivity index (χ3v) is 4.07. The van der Waals surface area contributed by atoms with Gasteiger partial charge in [-0.15, -0.1) is 0 Å². The number of rotatable bonds is 4. The summed E-state index contributed by atoms with van der Waals surface area (Å²) in [5.41, 5.74) is 3.09. The molecule has 0 aliphatic heterocycles. The average Bonchev–Trinajstić information content (AvgIpc) is 2.59. The van der Waals surface area contributed by atoms with E-state index in [-0.39, 0.29) is 5.91 Å². The normalized spacial score (nSPS) is 10.4. The van der Waals surface area contributed by atoms with E-state index in [9.17, 15) is 4.79 Å². The lowest BCUT2D eigenvalue weighted by atomic mass is 10.2. The van der Waals surface area contributed by atoms with Gasteiger partial charge in [0.25, 0.3) is 5.91 Å². The van der Waals surface area contributed by atoms with Crippen LogP contribution in [0.25, 0.3) is 0 Å². The summed E-state index contributed by atoms with van der Waals surface area (Å²) in [4.78, 5) is 16.5. The molecule has 1 amide bonds. The summed E-state index contributed by atoms with van der Waals surface area (Å²) >= 11 is 11.8. The predicted molar refractivity (Wildman–Crippen MR) is 103 cm³/mol. The highest BCUT2D eigenvalue weighted by Crippen LogP contribution is 2.23. The van der Waals surface area contributed by atoms with Crippen LogP contribution in [0, 0.1) is 6.92 Å². The van der Waals surface area contributed by atoms with Gasteiger partial charge in [-0.3, -0.25) is 4.79 Å². The molecule has 0 aliphatic rings. The van der Waals surface area contributed by atoms with E-state index in [0.717, 1.165) is 11.3 Å². The number of carbonyl (C=O) groups is 1. The fourth-order valence-electron chi connectivity index (χ4n) is 2.25. The molecule has 4 nitrogen and oxygen atoms in total. The first-order valence-corrected chi connectivity index (χ1v) is 8.33. The van der Waals surface area contributed by atoms with Crippen LogP contribution in [-0.4, -0.2) is 10.9 Å². The number of pyridine rings is 1. The maximum absolute atomic E-state index is 12.2. The van der Waals surface area contributed by atoms with Crippen molar-refractivity contribution in [2.45, 2.75) is 6.92 Å². The lowest BCUT2D eigenvalue weighted by molar-refractivity contribution is 0.102. The van der Waals surface area contributed by atoms with E-state index >= 15 is 0 Å². The van der Waals surface area contributed by atoms with Gasteiger partial charge in [0.2, 0.25) is 0 Å². The topological polar surface area (TPSA) is 54.0 Å². The summed E-state index contributed by atoms with van der Waals surface area (Å²) in [5.74, 6) is 0.461. The van der Waals surface area contributed by atoms with Gasteiger partial charge in [0.05, 0.1) is 11.9 Å². The molecule has 126 valence electrons. The molecule has 6 heteroatoms. The second-order valence-electron chi connectivity index (χ2n) is 5.48. The number of anilines is 3. The zero-order valence-electron chi connectivity index (χ0n) is 13.4. The van der Waals surface area contributed by atoms with Crippen LogP contribution < -0.4 is 10.6 Å². The molecule has 0 fully saturated rings. The van der Waals surface area contributed by atoms with Gasteiger partial charge in [-0.1, -0.05) is 23.2 Å². The highest BCUT2D eigenvalue weighted by molar-refractivity contribution is 6.31. The maximum Gasteiger partial charge on any atom is 0.255 e. The summed E-state index contributed by atoms with van der Waals surface area (Å²) in [5, 5.41) is 7.30. The third kappa shape index (κ3) is 4.50. The molecular weight excluding hydrogens is 357 g/mol. The SMILES string of the molecule is Cc1cc(Cl)ccc1Nc1ccc(NC(=O)c2ccc(Cl)cc2)cn1. The van der Waals surface area contributed by atoms with Crippen LogP contribution in [0.5, 0.6) is 0 Å². The monoisotopic (exact) mass is 371 g/mol. The van der Waals surface area contributed by atoms with Crippen molar-refractivity contribution >= 4 is 46.3 Å². The largest absolute Gasteiger partial charge is 0.340 e. The van der Waals surface area contributed by atoms with Crippen LogP contribution in [0.1, 0.15) is 15.9 Å². The number of hydrogen-bond donors (Lipinski definition) is 2. The molecular formula is C19H15Cl2N3O. The van der Waals surface area contributed by atoms with E-state index in [2.05, 4.69) is 15.6 Å². The number of aryl methyl sites for hydroxylation is 1. The molecule has 0 bridgehead atoms. The van der Waals surface area contributed by atoms with Crippen LogP contribution in [0.3, 0.4) is 0 Å². The smallest absolute Gasteiger partial charge is 0.255 e. The van der Waals surface area contributed by atoms with E-state index in [0.29, 0.717) is 27.1 Å². The van der Waals surface area contributed by atoms with Gasteiger partial charge in [0.15, 0.2) is 0 Å². The van der Waals surface area contributed by atoms with Gasteiger partial charge in [0.1, 0.15) is 5.82 Å². The maximum atomic E-state index is 12.2. The molecule has 1 heterocycles. The van der Waals surface area contributed by atoms with Crippen molar-refractivity contribution in [3.05, 3.63) is 82.0 Å². The van der Waals surface area contributed by atoms with Gasteiger partial charge in [-0.05, 0) is 67.1 Å². The third-order valence-electron chi connectivity index (χ3n) is 3.58.